The molecule has 2 N–H and O–H groups in total. The smallest absolute Gasteiger partial charge is 0.139 e. The van der Waals surface area contributed by atoms with Crippen LogP contribution in [0.4, 0.5) is 0 Å². The molecule has 0 amide bonds. The Bertz CT molecular complexity index is 799. The fourth-order valence-electron chi connectivity index (χ4n) is 2.86. The average Bonchev–Trinajstić information content (AvgIpc) is 2.76. The number of hydrogen-bond acceptors (Lipinski definition) is 3. The van der Waals surface area contributed by atoms with Crippen molar-refractivity contribution in [1.29, 1.82) is 0 Å². The SMILES string of the molecule is Oc1ccc2c(c1)-c1oc3cc(O)ccc3c1CC2. The van der Waals surface area contributed by atoms with E-state index in [1.165, 1.54) is 5.56 Å². The molecule has 2 aromatic carbocycles. The summed E-state index contributed by atoms with van der Waals surface area (Å²) in [7, 11) is 0. The molecule has 3 heteroatoms. The van der Waals surface area contributed by atoms with Gasteiger partial charge in [0.25, 0.3) is 0 Å². The van der Waals surface area contributed by atoms with Gasteiger partial charge in [0.15, 0.2) is 0 Å². The highest BCUT2D eigenvalue weighted by Crippen LogP contribution is 2.41. The quantitative estimate of drug-likeness (QED) is 0.642. The molecule has 0 unspecified atom stereocenters. The van der Waals surface area contributed by atoms with Gasteiger partial charge in [0.2, 0.25) is 0 Å². The number of aryl methyl sites for hydroxylation is 2. The number of aromatic hydroxyl groups is 2. The highest BCUT2D eigenvalue weighted by atomic mass is 16.3. The van der Waals surface area contributed by atoms with E-state index in [1.54, 1.807) is 24.3 Å². The van der Waals surface area contributed by atoms with E-state index in [1.807, 2.05) is 12.1 Å². The lowest BCUT2D eigenvalue weighted by atomic mass is 9.89. The Morgan fingerprint density at radius 3 is 2.58 bits per heavy atom. The number of phenols is 2. The third kappa shape index (κ3) is 1.45. The van der Waals surface area contributed by atoms with Crippen molar-refractivity contribution in [1.82, 2.24) is 0 Å². The molecule has 0 saturated carbocycles. The second-order valence-electron chi connectivity index (χ2n) is 4.93. The van der Waals surface area contributed by atoms with Crippen LogP contribution in [0.15, 0.2) is 40.8 Å². The first-order chi connectivity index (χ1) is 9.22. The van der Waals surface area contributed by atoms with E-state index < -0.39 is 0 Å². The minimum Gasteiger partial charge on any atom is -0.508 e. The number of benzene rings is 2. The second kappa shape index (κ2) is 3.54. The van der Waals surface area contributed by atoms with Crippen LogP contribution >= 0.6 is 0 Å². The third-order valence-corrected chi connectivity index (χ3v) is 3.76. The van der Waals surface area contributed by atoms with Crippen LogP contribution < -0.4 is 0 Å². The molecule has 3 nitrogen and oxygen atoms in total. The largest absolute Gasteiger partial charge is 0.508 e. The highest BCUT2D eigenvalue weighted by Gasteiger charge is 2.23. The van der Waals surface area contributed by atoms with Gasteiger partial charge in [-0.1, -0.05) is 6.07 Å². The summed E-state index contributed by atoms with van der Waals surface area (Å²) < 4.78 is 5.88. The van der Waals surface area contributed by atoms with Gasteiger partial charge in [0, 0.05) is 22.6 Å². The molecule has 1 aromatic heterocycles. The van der Waals surface area contributed by atoms with Crippen LogP contribution in [0.3, 0.4) is 0 Å². The summed E-state index contributed by atoms with van der Waals surface area (Å²) in [5, 5.41) is 20.2. The molecule has 1 aliphatic rings. The molecule has 19 heavy (non-hydrogen) atoms. The lowest BCUT2D eigenvalue weighted by Crippen LogP contribution is -2.01. The summed E-state index contributed by atoms with van der Waals surface area (Å²) in [6, 6.07) is 10.6. The van der Waals surface area contributed by atoms with Gasteiger partial charge in [-0.05, 0) is 42.7 Å². The maximum absolute atomic E-state index is 9.65. The van der Waals surface area contributed by atoms with Crippen molar-refractivity contribution in [3.63, 3.8) is 0 Å². The van der Waals surface area contributed by atoms with Crippen LogP contribution in [0.1, 0.15) is 11.1 Å². The van der Waals surface area contributed by atoms with Gasteiger partial charge >= 0.3 is 0 Å². The molecular formula is C16H12O3. The molecular weight excluding hydrogens is 240 g/mol. The minimum absolute atomic E-state index is 0.203. The predicted molar refractivity (Wildman–Crippen MR) is 72.4 cm³/mol. The van der Waals surface area contributed by atoms with Gasteiger partial charge in [0.05, 0.1) is 0 Å². The normalized spacial score (nSPS) is 13.3. The van der Waals surface area contributed by atoms with E-state index in [4.69, 9.17) is 4.42 Å². The summed E-state index contributed by atoms with van der Waals surface area (Å²) in [5.41, 5.74) is 4.00. The van der Waals surface area contributed by atoms with E-state index in [9.17, 15) is 10.2 Å². The van der Waals surface area contributed by atoms with Gasteiger partial charge < -0.3 is 14.6 Å². The summed E-state index contributed by atoms with van der Waals surface area (Å²) >= 11 is 0. The van der Waals surface area contributed by atoms with E-state index in [2.05, 4.69) is 0 Å². The monoisotopic (exact) mass is 252 g/mol. The summed E-state index contributed by atoms with van der Waals surface area (Å²) in [5.74, 6) is 1.27. The number of phenolic OH excluding ortho intramolecular Hbond substituents is 2. The van der Waals surface area contributed by atoms with Crippen molar-refractivity contribution in [3.05, 3.63) is 47.5 Å². The number of rotatable bonds is 0. The zero-order chi connectivity index (χ0) is 13.0. The Kier molecular flexibility index (Phi) is 1.96. The topological polar surface area (TPSA) is 53.6 Å². The molecule has 0 spiro atoms. The molecule has 0 aliphatic heterocycles. The van der Waals surface area contributed by atoms with Gasteiger partial charge in [-0.3, -0.25) is 0 Å². The maximum Gasteiger partial charge on any atom is 0.139 e. The van der Waals surface area contributed by atoms with E-state index in [0.717, 1.165) is 35.1 Å². The first kappa shape index (κ1) is 10.5. The molecule has 0 fully saturated rings. The molecule has 0 saturated heterocycles. The van der Waals surface area contributed by atoms with Crippen LogP contribution in [0, 0.1) is 0 Å². The van der Waals surface area contributed by atoms with Gasteiger partial charge in [-0.25, -0.2) is 0 Å². The molecule has 1 heterocycles. The van der Waals surface area contributed by atoms with Crippen molar-refractivity contribution in [2.24, 2.45) is 0 Å². The molecule has 4 rings (SSSR count). The molecule has 0 bridgehead atoms. The fraction of sp³-hybridized carbons (Fsp3) is 0.125. The molecule has 1 aliphatic carbocycles. The first-order valence-corrected chi connectivity index (χ1v) is 6.29. The zero-order valence-electron chi connectivity index (χ0n) is 10.2. The predicted octanol–water partition coefficient (Wildman–Crippen LogP) is 3.61. The van der Waals surface area contributed by atoms with Crippen molar-refractivity contribution >= 4 is 11.0 Å². The van der Waals surface area contributed by atoms with Crippen LogP contribution in [0.25, 0.3) is 22.3 Å². The minimum atomic E-state index is 0.203. The highest BCUT2D eigenvalue weighted by molar-refractivity contribution is 5.90. The number of furan rings is 1. The Labute approximate surface area is 109 Å². The van der Waals surface area contributed by atoms with Crippen LogP contribution in [0.5, 0.6) is 11.5 Å². The van der Waals surface area contributed by atoms with Crippen molar-refractivity contribution in [2.45, 2.75) is 12.8 Å². The fourth-order valence-corrected chi connectivity index (χ4v) is 2.86. The third-order valence-electron chi connectivity index (χ3n) is 3.76. The van der Waals surface area contributed by atoms with Crippen LogP contribution in [-0.4, -0.2) is 10.2 Å². The van der Waals surface area contributed by atoms with E-state index >= 15 is 0 Å². The Hall–Kier alpha value is -2.42. The molecule has 0 radical (unpaired) electrons. The Balaban J connectivity index is 2.06. The Morgan fingerprint density at radius 1 is 0.895 bits per heavy atom. The van der Waals surface area contributed by atoms with E-state index in [0.29, 0.717) is 5.58 Å². The summed E-state index contributed by atoms with van der Waals surface area (Å²) in [6.45, 7) is 0. The standard InChI is InChI=1S/C16H12O3/c17-10-3-1-9-2-5-13-12-6-4-11(18)8-15(12)19-16(13)14(9)7-10/h1,3-4,6-8,17-18H,2,5H2. The van der Waals surface area contributed by atoms with Gasteiger partial charge in [0.1, 0.15) is 22.8 Å². The second-order valence-corrected chi connectivity index (χ2v) is 4.93. The molecule has 0 atom stereocenters. The van der Waals surface area contributed by atoms with Crippen molar-refractivity contribution in [3.8, 4) is 22.8 Å². The lowest BCUT2D eigenvalue weighted by Gasteiger charge is -2.15. The van der Waals surface area contributed by atoms with Crippen molar-refractivity contribution < 1.29 is 14.6 Å². The van der Waals surface area contributed by atoms with Crippen LogP contribution in [-0.2, 0) is 12.8 Å². The maximum atomic E-state index is 9.65. The Morgan fingerprint density at radius 2 is 1.68 bits per heavy atom. The van der Waals surface area contributed by atoms with Crippen molar-refractivity contribution in [2.75, 3.05) is 0 Å². The zero-order valence-corrected chi connectivity index (χ0v) is 10.2. The number of fused-ring (bicyclic) bond motifs is 5. The lowest BCUT2D eigenvalue weighted by molar-refractivity contribution is 0.473. The summed E-state index contributed by atoms with van der Waals surface area (Å²) in [4.78, 5) is 0. The van der Waals surface area contributed by atoms with E-state index in [-0.39, 0.29) is 11.5 Å². The number of hydrogen-bond donors (Lipinski definition) is 2. The molecule has 3 aromatic rings. The summed E-state index contributed by atoms with van der Waals surface area (Å²) in [6.07, 6.45) is 1.86. The van der Waals surface area contributed by atoms with Gasteiger partial charge in [-0.15, -0.1) is 0 Å². The van der Waals surface area contributed by atoms with Gasteiger partial charge in [-0.2, -0.15) is 0 Å². The average molecular weight is 252 g/mol. The first-order valence-electron chi connectivity index (χ1n) is 6.29. The van der Waals surface area contributed by atoms with Crippen LogP contribution in [0.2, 0.25) is 0 Å². The molecule has 94 valence electrons.